The van der Waals surface area contributed by atoms with Crippen molar-refractivity contribution in [2.45, 2.75) is 65.3 Å². The van der Waals surface area contributed by atoms with Gasteiger partial charge in [0.15, 0.2) is 0 Å². The van der Waals surface area contributed by atoms with Crippen molar-refractivity contribution in [3.8, 4) is 11.1 Å². The van der Waals surface area contributed by atoms with Gasteiger partial charge in [-0.3, -0.25) is 15.1 Å². The highest BCUT2D eigenvalue weighted by Gasteiger charge is 2.17. The zero-order valence-corrected chi connectivity index (χ0v) is 22.9. The second-order valence-corrected chi connectivity index (χ2v) is 10.6. The van der Waals surface area contributed by atoms with Crippen LogP contribution in [0.25, 0.3) is 11.1 Å². The Hall–Kier alpha value is -3.93. The first-order valence-electron chi connectivity index (χ1n) is 13.2. The average molecular weight is 514 g/mol. The molecular weight excluding hydrogens is 474 g/mol. The Kier molecular flexibility index (Phi) is 9.83. The molecule has 0 aliphatic rings. The van der Waals surface area contributed by atoms with Crippen LogP contribution in [0.5, 0.6) is 0 Å². The fraction of sp³-hybridized carbons (Fsp3) is 0.344. The summed E-state index contributed by atoms with van der Waals surface area (Å²) in [5, 5.41) is 20.4. The standard InChI is InChI=1S/C32H39N3O3/c1-5-35(31(38)34-22-24-14-18-28(19-15-24)32(2,3)4)29(33)11-7-8-23-12-16-26(17-13-23)27-10-6-9-25(20-27)21-30(36)37/h6,9-10,12-20,33H,5,7-8,11,21-22H2,1-4H3,(H,34,38)(H,36,37). The van der Waals surface area contributed by atoms with E-state index in [1.54, 1.807) is 0 Å². The minimum absolute atomic E-state index is 0.00915. The third-order valence-corrected chi connectivity index (χ3v) is 6.60. The van der Waals surface area contributed by atoms with Gasteiger partial charge < -0.3 is 10.4 Å². The molecule has 3 N–H and O–H groups in total. The number of carboxylic acid groups (broad SMARTS) is 1. The lowest BCUT2D eigenvalue weighted by atomic mass is 9.87. The molecule has 0 aromatic heterocycles. The van der Waals surface area contributed by atoms with Gasteiger partial charge >= 0.3 is 12.0 Å². The molecule has 0 radical (unpaired) electrons. The Bertz CT molecular complexity index is 1240. The Labute approximate surface area is 226 Å². The summed E-state index contributed by atoms with van der Waals surface area (Å²) in [6.45, 7) is 9.29. The summed E-state index contributed by atoms with van der Waals surface area (Å²) in [6, 6.07) is 23.9. The number of hydrogen-bond donors (Lipinski definition) is 3. The average Bonchev–Trinajstić information content (AvgIpc) is 2.88. The van der Waals surface area contributed by atoms with E-state index in [4.69, 9.17) is 10.5 Å². The van der Waals surface area contributed by atoms with Gasteiger partial charge in [-0.05, 0) is 58.6 Å². The number of benzene rings is 3. The molecule has 0 aliphatic heterocycles. The molecule has 0 saturated carbocycles. The third-order valence-electron chi connectivity index (χ3n) is 6.60. The summed E-state index contributed by atoms with van der Waals surface area (Å²) in [4.78, 5) is 25.2. The van der Waals surface area contributed by atoms with Crippen molar-refractivity contribution in [3.63, 3.8) is 0 Å². The molecule has 0 spiro atoms. The maximum atomic E-state index is 12.7. The summed E-state index contributed by atoms with van der Waals surface area (Å²) >= 11 is 0. The normalized spacial score (nSPS) is 11.2. The number of nitrogens with zero attached hydrogens (tertiary/aromatic N) is 1. The molecule has 0 bridgehead atoms. The molecule has 2 amide bonds. The zero-order valence-electron chi connectivity index (χ0n) is 22.9. The number of rotatable bonds is 10. The van der Waals surface area contributed by atoms with Gasteiger partial charge in [-0.25, -0.2) is 4.79 Å². The van der Waals surface area contributed by atoms with E-state index in [1.807, 2.05) is 55.5 Å². The molecule has 0 atom stereocenters. The van der Waals surface area contributed by atoms with Gasteiger partial charge in [0.25, 0.3) is 0 Å². The second kappa shape index (κ2) is 13.0. The summed E-state index contributed by atoms with van der Waals surface area (Å²) < 4.78 is 0. The molecule has 38 heavy (non-hydrogen) atoms. The first kappa shape index (κ1) is 28.6. The highest BCUT2D eigenvalue weighted by Crippen LogP contribution is 2.23. The van der Waals surface area contributed by atoms with Crippen molar-refractivity contribution in [2.75, 3.05) is 6.54 Å². The number of carbonyl (C=O) groups excluding carboxylic acids is 1. The number of carbonyl (C=O) groups is 2. The van der Waals surface area contributed by atoms with Crippen molar-refractivity contribution in [3.05, 3.63) is 95.1 Å². The minimum Gasteiger partial charge on any atom is -0.481 e. The number of amidine groups is 1. The van der Waals surface area contributed by atoms with Crippen molar-refractivity contribution < 1.29 is 14.7 Å². The Morgan fingerprint density at radius 1 is 0.895 bits per heavy atom. The van der Waals surface area contributed by atoms with Gasteiger partial charge in [0.1, 0.15) is 5.84 Å². The van der Waals surface area contributed by atoms with E-state index >= 15 is 0 Å². The van der Waals surface area contributed by atoms with Crippen molar-refractivity contribution in [1.82, 2.24) is 10.2 Å². The number of urea groups is 1. The molecule has 200 valence electrons. The van der Waals surface area contributed by atoms with Gasteiger partial charge in [-0.15, -0.1) is 0 Å². The molecule has 0 fully saturated rings. The Morgan fingerprint density at radius 3 is 2.16 bits per heavy atom. The molecule has 0 heterocycles. The smallest absolute Gasteiger partial charge is 0.323 e. The van der Waals surface area contributed by atoms with E-state index in [2.05, 4.69) is 50.4 Å². The monoisotopic (exact) mass is 513 g/mol. The van der Waals surface area contributed by atoms with Crippen LogP contribution < -0.4 is 5.32 Å². The summed E-state index contributed by atoms with van der Waals surface area (Å²) in [5.41, 5.74) is 6.35. The van der Waals surface area contributed by atoms with E-state index in [0.29, 0.717) is 25.3 Å². The summed E-state index contributed by atoms with van der Waals surface area (Å²) in [7, 11) is 0. The highest BCUT2D eigenvalue weighted by molar-refractivity contribution is 5.95. The Morgan fingerprint density at radius 2 is 1.55 bits per heavy atom. The predicted octanol–water partition coefficient (Wildman–Crippen LogP) is 6.81. The van der Waals surface area contributed by atoms with Gasteiger partial charge in [0.05, 0.1) is 6.42 Å². The van der Waals surface area contributed by atoms with E-state index in [-0.39, 0.29) is 17.9 Å². The van der Waals surface area contributed by atoms with E-state index in [9.17, 15) is 9.59 Å². The quantitative estimate of drug-likeness (QED) is 0.205. The molecule has 3 rings (SSSR count). The fourth-order valence-electron chi connectivity index (χ4n) is 4.35. The number of carboxylic acids is 1. The highest BCUT2D eigenvalue weighted by atomic mass is 16.4. The van der Waals surface area contributed by atoms with Gasteiger partial charge in [0, 0.05) is 19.5 Å². The van der Waals surface area contributed by atoms with Gasteiger partial charge in [-0.1, -0.05) is 93.6 Å². The topological polar surface area (TPSA) is 93.5 Å². The van der Waals surface area contributed by atoms with Gasteiger partial charge in [0.2, 0.25) is 0 Å². The van der Waals surface area contributed by atoms with Crippen molar-refractivity contribution in [1.29, 1.82) is 5.41 Å². The van der Waals surface area contributed by atoms with Crippen LogP contribution >= 0.6 is 0 Å². The van der Waals surface area contributed by atoms with Crippen LogP contribution in [-0.2, 0) is 29.6 Å². The van der Waals surface area contributed by atoms with Crippen LogP contribution in [0, 0.1) is 5.41 Å². The summed E-state index contributed by atoms with van der Waals surface area (Å²) in [5.74, 6) is -0.520. The molecule has 0 unspecified atom stereocenters. The first-order chi connectivity index (χ1) is 18.1. The summed E-state index contributed by atoms with van der Waals surface area (Å²) in [6.07, 6.45) is 2.10. The third kappa shape index (κ3) is 8.30. The molecular formula is C32H39N3O3. The largest absolute Gasteiger partial charge is 0.481 e. The maximum Gasteiger partial charge on any atom is 0.323 e. The van der Waals surface area contributed by atoms with Crippen molar-refractivity contribution in [2.24, 2.45) is 0 Å². The van der Waals surface area contributed by atoms with E-state index in [1.165, 1.54) is 10.5 Å². The molecule has 0 aliphatic carbocycles. The lowest BCUT2D eigenvalue weighted by molar-refractivity contribution is -0.136. The SMILES string of the molecule is CCN(C(=N)CCCc1ccc(-c2cccc(CC(=O)O)c2)cc1)C(=O)NCc1ccc(C(C)(C)C)cc1. The Balaban J connectivity index is 1.48. The van der Waals surface area contributed by atoms with Crippen LogP contribution in [0.4, 0.5) is 4.79 Å². The predicted molar refractivity (Wildman–Crippen MR) is 154 cm³/mol. The van der Waals surface area contributed by atoms with Crippen LogP contribution in [0.15, 0.2) is 72.8 Å². The van der Waals surface area contributed by atoms with Gasteiger partial charge in [-0.2, -0.15) is 0 Å². The molecule has 3 aromatic rings. The fourth-order valence-corrected chi connectivity index (χ4v) is 4.35. The molecule has 6 heteroatoms. The first-order valence-corrected chi connectivity index (χ1v) is 13.2. The lowest BCUT2D eigenvalue weighted by Crippen LogP contribution is -2.43. The minimum atomic E-state index is -0.840. The number of aliphatic carboxylic acids is 1. The number of nitrogens with one attached hydrogen (secondary N) is 2. The number of aryl methyl sites for hydroxylation is 1. The number of hydrogen-bond acceptors (Lipinski definition) is 3. The second-order valence-electron chi connectivity index (χ2n) is 10.6. The van der Waals surface area contributed by atoms with Crippen LogP contribution in [0.2, 0.25) is 0 Å². The zero-order chi connectivity index (χ0) is 27.7. The van der Waals surface area contributed by atoms with Crippen molar-refractivity contribution >= 4 is 17.8 Å². The molecule has 0 saturated heterocycles. The van der Waals surface area contributed by atoms with Crippen LogP contribution in [-0.4, -0.2) is 34.4 Å². The van der Waals surface area contributed by atoms with Crippen LogP contribution in [0.3, 0.4) is 0 Å². The number of amides is 2. The van der Waals surface area contributed by atoms with E-state index < -0.39 is 5.97 Å². The molecule has 6 nitrogen and oxygen atoms in total. The van der Waals surface area contributed by atoms with Crippen LogP contribution in [0.1, 0.15) is 62.8 Å². The molecule has 3 aromatic carbocycles. The lowest BCUT2D eigenvalue weighted by Gasteiger charge is -2.22. The maximum absolute atomic E-state index is 12.7. The van der Waals surface area contributed by atoms with E-state index in [0.717, 1.165) is 40.7 Å².